The molecule has 2 aliphatic rings. The summed E-state index contributed by atoms with van der Waals surface area (Å²) in [4.78, 5) is 43.7. The quantitative estimate of drug-likeness (QED) is 0.286. The number of amides is 2. The number of hydrogen-bond donors (Lipinski definition) is 2. The molecule has 1 aromatic heterocycles. The number of aliphatic carboxylic acids is 1. The average Bonchev–Trinajstić information content (AvgIpc) is 2.81. The number of carbonyl (C=O) groups excluding carboxylic acids is 2. The van der Waals surface area contributed by atoms with Crippen molar-refractivity contribution in [2.45, 2.75) is 23.1 Å². The molecule has 28 heavy (non-hydrogen) atoms. The Morgan fingerprint density at radius 2 is 2.18 bits per heavy atom. The topological polar surface area (TPSA) is 169 Å². The average molecular weight is 408 g/mol. The van der Waals surface area contributed by atoms with Crippen LogP contribution in [-0.4, -0.2) is 70.5 Å². The smallest absolute Gasteiger partial charge is 0.435 e. The molecule has 0 spiro atoms. The second kappa shape index (κ2) is 6.71. The Morgan fingerprint density at radius 3 is 2.75 bits per heavy atom. The van der Waals surface area contributed by atoms with Gasteiger partial charge in [0, 0.05) is 6.20 Å². The lowest BCUT2D eigenvalue weighted by molar-refractivity contribution is -0.153. The summed E-state index contributed by atoms with van der Waals surface area (Å²) in [7, 11) is -4.27. The van der Waals surface area contributed by atoms with Gasteiger partial charge < -0.3 is 20.5 Å². The third-order valence-electron chi connectivity index (χ3n) is 4.69. The van der Waals surface area contributed by atoms with Crippen molar-refractivity contribution in [1.29, 1.82) is 0 Å². The number of pyridine rings is 1. The van der Waals surface area contributed by atoms with Gasteiger partial charge in [-0.15, -0.1) is 0 Å². The van der Waals surface area contributed by atoms with Crippen LogP contribution in [0.2, 0.25) is 0 Å². The van der Waals surface area contributed by atoms with Crippen molar-refractivity contribution in [2.75, 3.05) is 6.61 Å². The predicted molar refractivity (Wildman–Crippen MR) is 95.6 cm³/mol. The number of rotatable bonds is 4. The zero-order valence-electron chi connectivity index (χ0n) is 14.5. The first-order valence-electron chi connectivity index (χ1n) is 7.97. The number of β-lactam (4-membered cyclic amide) rings is 1. The van der Waals surface area contributed by atoms with Crippen molar-refractivity contribution in [2.24, 2.45) is 10.7 Å². The number of sulfone groups is 1. The Bertz CT molecular complexity index is 1010. The number of nitrogens with two attached hydrogens (primary N) is 1. The molecule has 2 fully saturated rings. The summed E-state index contributed by atoms with van der Waals surface area (Å²) in [5, 5.41) is 8.12. The van der Waals surface area contributed by atoms with Crippen LogP contribution >= 0.6 is 0 Å². The maximum Gasteiger partial charge on any atom is 0.435 e. The van der Waals surface area contributed by atoms with E-state index < -0.39 is 50.6 Å². The van der Waals surface area contributed by atoms with Gasteiger partial charge in [0.2, 0.25) is 0 Å². The van der Waals surface area contributed by atoms with E-state index in [1.54, 1.807) is 18.2 Å². The lowest BCUT2D eigenvalue weighted by atomic mass is 9.94. The fourth-order valence-corrected chi connectivity index (χ4v) is 5.60. The third kappa shape index (κ3) is 2.72. The number of hydrogen-bond acceptors (Lipinski definition) is 7. The highest BCUT2D eigenvalue weighted by Gasteiger charge is 2.72. The molecule has 11 nitrogen and oxygen atoms in total. The molecule has 0 unspecified atom stereocenters. The van der Waals surface area contributed by atoms with Crippen molar-refractivity contribution in [3.63, 3.8) is 0 Å². The van der Waals surface area contributed by atoms with Gasteiger partial charge in [0.05, 0.1) is 17.6 Å². The van der Waals surface area contributed by atoms with Gasteiger partial charge >= 0.3 is 12.1 Å². The SMILES string of the molecule is C[C@]1(COC(=O)N=CN)[C@H](C(=O)O)N2C(=O)C(=Cc3ccccn3)[C@H]2S1(=O)=O. The predicted octanol–water partition coefficient (Wildman–Crippen LogP) is -0.603. The number of fused-ring (bicyclic) bond motifs is 1. The third-order valence-corrected chi connectivity index (χ3v) is 7.40. The Labute approximate surface area is 159 Å². The molecule has 148 valence electrons. The number of carboxylic acids is 1. The summed E-state index contributed by atoms with van der Waals surface area (Å²) in [5.41, 5.74) is 5.22. The molecule has 0 aliphatic carbocycles. The van der Waals surface area contributed by atoms with Crippen LogP contribution in [0.1, 0.15) is 12.6 Å². The second-order valence-electron chi connectivity index (χ2n) is 6.35. The zero-order chi connectivity index (χ0) is 20.7. The Kier molecular flexibility index (Phi) is 4.67. The van der Waals surface area contributed by atoms with Crippen LogP contribution in [0.25, 0.3) is 6.08 Å². The number of carbonyl (C=O) groups is 3. The van der Waals surface area contributed by atoms with E-state index in [4.69, 9.17) is 10.5 Å². The molecule has 3 heterocycles. The van der Waals surface area contributed by atoms with Crippen molar-refractivity contribution in [1.82, 2.24) is 9.88 Å². The molecule has 0 aromatic carbocycles. The lowest BCUT2D eigenvalue weighted by Crippen LogP contribution is -2.59. The van der Waals surface area contributed by atoms with Gasteiger partial charge in [-0.2, -0.15) is 4.99 Å². The first-order chi connectivity index (χ1) is 13.1. The minimum Gasteiger partial charge on any atom is -0.480 e. The summed E-state index contributed by atoms with van der Waals surface area (Å²) in [6, 6.07) is 3.15. The van der Waals surface area contributed by atoms with Crippen molar-refractivity contribution < 1.29 is 32.6 Å². The Balaban J connectivity index is 2.02. The largest absolute Gasteiger partial charge is 0.480 e. The van der Waals surface area contributed by atoms with E-state index in [1.807, 2.05) is 0 Å². The van der Waals surface area contributed by atoms with E-state index in [1.165, 1.54) is 12.3 Å². The van der Waals surface area contributed by atoms with Gasteiger partial charge in [-0.3, -0.25) is 9.78 Å². The van der Waals surface area contributed by atoms with Crippen LogP contribution in [0.5, 0.6) is 0 Å². The monoisotopic (exact) mass is 408 g/mol. The van der Waals surface area contributed by atoms with Gasteiger partial charge in [0.25, 0.3) is 5.91 Å². The van der Waals surface area contributed by atoms with E-state index in [0.717, 1.165) is 11.8 Å². The van der Waals surface area contributed by atoms with Crippen molar-refractivity contribution >= 4 is 40.2 Å². The zero-order valence-corrected chi connectivity index (χ0v) is 15.4. The molecule has 3 rings (SSSR count). The van der Waals surface area contributed by atoms with Gasteiger partial charge in [-0.1, -0.05) is 6.07 Å². The van der Waals surface area contributed by atoms with Crippen molar-refractivity contribution in [3.8, 4) is 0 Å². The standard InChI is InChI=1S/C16H16N4O7S/c1-16(7-27-15(24)19-8-17)11(14(22)23)20-12(21)10(13(20)28(16,25)26)6-9-4-2-3-5-18-9/h2-6,8,11,13H,7H2,1H3,(H,22,23)(H2,17,19,24)/t11-,13+,16-/m0/s1. The van der Waals surface area contributed by atoms with Gasteiger partial charge in [0.15, 0.2) is 21.3 Å². The van der Waals surface area contributed by atoms with Crippen LogP contribution in [0.4, 0.5) is 4.79 Å². The molecule has 2 saturated heterocycles. The van der Waals surface area contributed by atoms with Crippen LogP contribution in [0.3, 0.4) is 0 Å². The van der Waals surface area contributed by atoms with E-state index in [0.29, 0.717) is 12.0 Å². The van der Waals surface area contributed by atoms with E-state index in [2.05, 4.69) is 9.98 Å². The number of aromatic nitrogens is 1. The highest BCUT2D eigenvalue weighted by molar-refractivity contribution is 7.94. The Morgan fingerprint density at radius 1 is 1.46 bits per heavy atom. The molecule has 1 aromatic rings. The molecule has 3 N–H and O–H groups in total. The number of nitrogens with zero attached hydrogens (tertiary/aromatic N) is 3. The minimum absolute atomic E-state index is 0.0972. The molecular weight excluding hydrogens is 392 g/mol. The van der Waals surface area contributed by atoms with E-state index in [-0.39, 0.29) is 5.57 Å². The van der Waals surface area contributed by atoms with Crippen LogP contribution in [0, 0.1) is 0 Å². The molecular formula is C16H16N4O7S. The summed E-state index contributed by atoms with van der Waals surface area (Å²) in [5.74, 6) is -2.26. The first kappa shape index (κ1) is 19.5. The number of ether oxygens (including phenoxy) is 1. The highest BCUT2D eigenvalue weighted by Crippen LogP contribution is 2.49. The van der Waals surface area contributed by atoms with Crippen LogP contribution < -0.4 is 5.73 Å². The second-order valence-corrected chi connectivity index (χ2v) is 8.82. The molecule has 12 heteroatoms. The lowest BCUT2D eigenvalue weighted by Gasteiger charge is -2.37. The fourth-order valence-electron chi connectivity index (χ4n) is 3.32. The van der Waals surface area contributed by atoms with Gasteiger partial charge in [-0.05, 0) is 25.1 Å². The summed E-state index contributed by atoms with van der Waals surface area (Å²) >= 11 is 0. The summed E-state index contributed by atoms with van der Waals surface area (Å²) in [6.07, 6.45) is 2.26. The highest BCUT2D eigenvalue weighted by atomic mass is 32.2. The summed E-state index contributed by atoms with van der Waals surface area (Å²) < 4.78 is 29.0. The molecule has 0 bridgehead atoms. The molecule has 3 atom stereocenters. The molecule has 2 aliphatic heterocycles. The van der Waals surface area contributed by atoms with Gasteiger partial charge in [-0.25, -0.2) is 18.0 Å². The maximum atomic E-state index is 13.1. The number of carboxylic acid groups (broad SMARTS) is 1. The van der Waals surface area contributed by atoms with Gasteiger partial charge in [0.1, 0.15) is 11.4 Å². The molecule has 0 saturated carbocycles. The Hall–Kier alpha value is -3.28. The van der Waals surface area contributed by atoms with E-state index in [9.17, 15) is 27.9 Å². The molecule has 0 radical (unpaired) electrons. The van der Waals surface area contributed by atoms with Crippen molar-refractivity contribution in [3.05, 3.63) is 35.7 Å². The first-order valence-corrected chi connectivity index (χ1v) is 9.52. The number of aliphatic imine (C=N–C) groups is 1. The molecule has 2 amide bonds. The minimum atomic E-state index is -4.27. The normalized spacial score (nSPS) is 29.5. The summed E-state index contributed by atoms with van der Waals surface area (Å²) in [6.45, 7) is 0.310. The maximum absolute atomic E-state index is 13.1. The van der Waals surface area contributed by atoms with Crippen LogP contribution in [0.15, 0.2) is 35.0 Å². The fraction of sp³-hybridized carbons (Fsp3) is 0.312. The van der Waals surface area contributed by atoms with Crippen LogP contribution in [-0.2, 0) is 24.2 Å². The van der Waals surface area contributed by atoms with E-state index >= 15 is 0 Å².